The topological polar surface area (TPSA) is 30.5 Å². The van der Waals surface area contributed by atoms with Gasteiger partial charge in [-0.05, 0) is 62.4 Å². The first-order chi connectivity index (χ1) is 8.83. The fourth-order valence-corrected chi connectivity index (χ4v) is 2.58. The molecule has 0 atom stereocenters. The van der Waals surface area contributed by atoms with Gasteiger partial charge in [-0.2, -0.15) is 0 Å². The molecule has 18 heavy (non-hydrogen) atoms. The molecule has 2 rings (SSSR count). The van der Waals surface area contributed by atoms with Crippen LogP contribution in [0.4, 0.5) is 0 Å². The molecule has 1 aliphatic rings. The normalized spacial score (nSPS) is 16.6. The van der Waals surface area contributed by atoms with Crippen molar-refractivity contribution in [1.29, 1.82) is 0 Å². The molecule has 100 valence electrons. The Kier molecular flexibility index (Phi) is 4.88. The molecule has 1 saturated heterocycles. The Morgan fingerprint density at radius 3 is 2.50 bits per heavy atom. The van der Waals surface area contributed by atoms with Crippen LogP contribution in [-0.2, 0) is 6.42 Å². The third-order valence-corrected chi connectivity index (χ3v) is 3.75. The van der Waals surface area contributed by atoms with E-state index in [1.165, 1.54) is 37.9 Å². The van der Waals surface area contributed by atoms with Crippen LogP contribution >= 0.6 is 0 Å². The van der Waals surface area contributed by atoms with E-state index in [-0.39, 0.29) is 0 Å². The molecule has 1 aliphatic heterocycles. The van der Waals surface area contributed by atoms with Gasteiger partial charge in [-0.25, -0.2) is 0 Å². The third-order valence-electron chi connectivity index (χ3n) is 3.75. The van der Waals surface area contributed by atoms with E-state index < -0.39 is 0 Å². The number of methoxy groups -OCH3 is 2. The van der Waals surface area contributed by atoms with Crippen LogP contribution in [0.3, 0.4) is 0 Å². The quantitative estimate of drug-likeness (QED) is 0.870. The summed E-state index contributed by atoms with van der Waals surface area (Å²) in [4.78, 5) is 0. The van der Waals surface area contributed by atoms with Gasteiger partial charge in [-0.3, -0.25) is 0 Å². The highest BCUT2D eigenvalue weighted by molar-refractivity contribution is 5.42. The Balaban J connectivity index is 1.92. The summed E-state index contributed by atoms with van der Waals surface area (Å²) in [6.07, 6.45) is 5.03. The van der Waals surface area contributed by atoms with Crippen molar-refractivity contribution in [2.45, 2.75) is 25.7 Å². The van der Waals surface area contributed by atoms with Crippen molar-refractivity contribution in [2.24, 2.45) is 5.92 Å². The summed E-state index contributed by atoms with van der Waals surface area (Å²) in [5.41, 5.74) is 1.34. The van der Waals surface area contributed by atoms with Crippen molar-refractivity contribution in [3.8, 4) is 11.5 Å². The predicted octanol–water partition coefficient (Wildman–Crippen LogP) is 2.64. The van der Waals surface area contributed by atoms with Crippen molar-refractivity contribution in [2.75, 3.05) is 27.3 Å². The summed E-state index contributed by atoms with van der Waals surface area (Å²) >= 11 is 0. The molecular formula is C15H23NO2. The Morgan fingerprint density at radius 1 is 1.11 bits per heavy atom. The monoisotopic (exact) mass is 249 g/mol. The van der Waals surface area contributed by atoms with Gasteiger partial charge in [0.25, 0.3) is 0 Å². The highest BCUT2D eigenvalue weighted by Gasteiger charge is 2.13. The van der Waals surface area contributed by atoms with Crippen LogP contribution in [0.15, 0.2) is 18.2 Å². The standard InChI is InChI=1S/C15H23NO2/c1-17-14-6-5-13(11-15(14)18-2)4-3-12-7-9-16-10-8-12/h5-6,11-12,16H,3-4,7-10H2,1-2H3. The van der Waals surface area contributed by atoms with Gasteiger partial charge in [0, 0.05) is 0 Å². The van der Waals surface area contributed by atoms with E-state index in [0.717, 1.165) is 23.8 Å². The summed E-state index contributed by atoms with van der Waals surface area (Å²) < 4.78 is 10.6. The second-order valence-electron chi connectivity index (χ2n) is 4.92. The lowest BCUT2D eigenvalue weighted by Gasteiger charge is -2.22. The lowest BCUT2D eigenvalue weighted by molar-refractivity contribution is 0.349. The molecular weight excluding hydrogens is 226 g/mol. The van der Waals surface area contributed by atoms with Crippen LogP contribution in [0.1, 0.15) is 24.8 Å². The minimum absolute atomic E-state index is 0.808. The molecule has 3 nitrogen and oxygen atoms in total. The number of aryl methyl sites for hydroxylation is 1. The van der Waals surface area contributed by atoms with Crippen LogP contribution in [0.5, 0.6) is 11.5 Å². The molecule has 0 unspecified atom stereocenters. The summed E-state index contributed by atoms with van der Waals surface area (Å²) in [5, 5.41) is 3.41. The maximum absolute atomic E-state index is 5.33. The maximum atomic E-state index is 5.33. The van der Waals surface area contributed by atoms with E-state index in [1.54, 1.807) is 14.2 Å². The first-order valence-electron chi connectivity index (χ1n) is 6.75. The highest BCUT2D eigenvalue weighted by Crippen LogP contribution is 2.29. The van der Waals surface area contributed by atoms with Crippen LogP contribution in [-0.4, -0.2) is 27.3 Å². The van der Waals surface area contributed by atoms with E-state index in [1.807, 2.05) is 6.07 Å². The van der Waals surface area contributed by atoms with E-state index in [9.17, 15) is 0 Å². The summed E-state index contributed by atoms with van der Waals surface area (Å²) in [7, 11) is 3.36. The number of ether oxygens (including phenoxy) is 2. The molecule has 0 amide bonds. The second kappa shape index (κ2) is 6.64. The SMILES string of the molecule is COc1ccc(CCC2CCNCC2)cc1OC. The van der Waals surface area contributed by atoms with Crippen LogP contribution in [0.2, 0.25) is 0 Å². The zero-order valence-electron chi connectivity index (χ0n) is 11.4. The molecule has 0 saturated carbocycles. The fraction of sp³-hybridized carbons (Fsp3) is 0.600. The molecule has 3 heteroatoms. The fourth-order valence-electron chi connectivity index (χ4n) is 2.58. The maximum Gasteiger partial charge on any atom is 0.160 e. The molecule has 0 bridgehead atoms. The molecule has 1 N–H and O–H groups in total. The molecule has 0 aliphatic carbocycles. The van der Waals surface area contributed by atoms with Gasteiger partial charge in [0.1, 0.15) is 0 Å². The lowest BCUT2D eigenvalue weighted by Crippen LogP contribution is -2.27. The van der Waals surface area contributed by atoms with E-state index >= 15 is 0 Å². The summed E-state index contributed by atoms with van der Waals surface area (Å²) in [6.45, 7) is 2.35. The summed E-state index contributed by atoms with van der Waals surface area (Å²) in [6, 6.07) is 6.24. The Bertz CT molecular complexity index is 373. The van der Waals surface area contributed by atoms with Crippen molar-refractivity contribution in [3.63, 3.8) is 0 Å². The average Bonchev–Trinajstić information content (AvgIpc) is 2.45. The lowest BCUT2D eigenvalue weighted by atomic mass is 9.91. The summed E-state index contributed by atoms with van der Waals surface area (Å²) in [5.74, 6) is 2.52. The Labute approximate surface area is 109 Å². The number of rotatable bonds is 5. The molecule has 1 aromatic carbocycles. The van der Waals surface area contributed by atoms with Crippen LogP contribution < -0.4 is 14.8 Å². The average molecular weight is 249 g/mol. The largest absolute Gasteiger partial charge is 0.493 e. The van der Waals surface area contributed by atoms with Gasteiger partial charge >= 0.3 is 0 Å². The molecule has 0 radical (unpaired) electrons. The highest BCUT2D eigenvalue weighted by atomic mass is 16.5. The van der Waals surface area contributed by atoms with Gasteiger partial charge in [0.15, 0.2) is 11.5 Å². The molecule has 1 aromatic rings. The number of piperidine rings is 1. The first kappa shape index (κ1) is 13.2. The van der Waals surface area contributed by atoms with Crippen molar-refractivity contribution in [1.82, 2.24) is 5.32 Å². The third kappa shape index (κ3) is 3.39. The van der Waals surface area contributed by atoms with Crippen molar-refractivity contribution >= 4 is 0 Å². The van der Waals surface area contributed by atoms with Crippen molar-refractivity contribution < 1.29 is 9.47 Å². The predicted molar refractivity (Wildman–Crippen MR) is 73.5 cm³/mol. The zero-order valence-corrected chi connectivity index (χ0v) is 11.4. The van der Waals surface area contributed by atoms with E-state index in [4.69, 9.17) is 9.47 Å². The van der Waals surface area contributed by atoms with Gasteiger partial charge in [-0.15, -0.1) is 0 Å². The van der Waals surface area contributed by atoms with Gasteiger partial charge in [0.2, 0.25) is 0 Å². The number of hydrogen-bond acceptors (Lipinski definition) is 3. The van der Waals surface area contributed by atoms with E-state index in [0.29, 0.717) is 0 Å². The van der Waals surface area contributed by atoms with E-state index in [2.05, 4.69) is 17.4 Å². The number of nitrogens with one attached hydrogen (secondary N) is 1. The van der Waals surface area contributed by atoms with Crippen LogP contribution in [0, 0.1) is 5.92 Å². The Morgan fingerprint density at radius 2 is 1.83 bits per heavy atom. The first-order valence-corrected chi connectivity index (χ1v) is 6.75. The van der Waals surface area contributed by atoms with Crippen molar-refractivity contribution in [3.05, 3.63) is 23.8 Å². The van der Waals surface area contributed by atoms with Gasteiger partial charge in [0.05, 0.1) is 14.2 Å². The molecule has 0 aromatic heterocycles. The number of hydrogen-bond donors (Lipinski definition) is 1. The smallest absolute Gasteiger partial charge is 0.160 e. The molecule has 0 spiro atoms. The molecule has 1 heterocycles. The minimum Gasteiger partial charge on any atom is -0.493 e. The Hall–Kier alpha value is -1.22. The van der Waals surface area contributed by atoms with Crippen LogP contribution in [0.25, 0.3) is 0 Å². The van der Waals surface area contributed by atoms with Gasteiger partial charge < -0.3 is 14.8 Å². The second-order valence-corrected chi connectivity index (χ2v) is 4.92. The minimum atomic E-state index is 0.808. The molecule has 1 fully saturated rings. The zero-order chi connectivity index (χ0) is 12.8. The van der Waals surface area contributed by atoms with Gasteiger partial charge in [-0.1, -0.05) is 6.07 Å². The number of benzene rings is 1.